The zero-order chi connectivity index (χ0) is 17.4. The molecule has 6 heteroatoms. The number of urea groups is 1. The lowest BCUT2D eigenvalue weighted by Crippen LogP contribution is -2.24. The molecule has 2 aromatic carbocycles. The smallest absolute Gasteiger partial charge is 0.339 e. The van der Waals surface area contributed by atoms with Crippen molar-refractivity contribution in [1.82, 2.24) is 5.43 Å². The molecule has 122 valence electrons. The van der Waals surface area contributed by atoms with Crippen LogP contribution in [0.15, 0.2) is 47.6 Å². The number of carbonyl (C=O) groups excluding carboxylic acids is 1. The molecule has 5 nitrogen and oxygen atoms in total. The standard InChI is InChI=1S/C18H16IN3O2/c1-3-10-24-17-9-8-14(11-15(17)19)12-20-22-18(23)21-16-7-5-4-6-13(16)2/h1,4-9,11-12H,10H2,2H3,(H2,21,22,23). The van der Waals surface area contributed by atoms with Gasteiger partial charge in [-0.15, -0.1) is 6.42 Å². The number of halogens is 1. The summed E-state index contributed by atoms with van der Waals surface area (Å²) in [6, 6.07) is 12.7. The molecule has 0 unspecified atom stereocenters. The van der Waals surface area contributed by atoms with E-state index in [-0.39, 0.29) is 6.61 Å². The van der Waals surface area contributed by atoms with Crippen molar-refractivity contribution in [2.24, 2.45) is 5.10 Å². The highest BCUT2D eigenvalue weighted by molar-refractivity contribution is 14.1. The van der Waals surface area contributed by atoms with Gasteiger partial charge in [0.15, 0.2) is 0 Å². The number of rotatable bonds is 5. The van der Waals surface area contributed by atoms with E-state index in [0.29, 0.717) is 0 Å². The number of benzene rings is 2. The van der Waals surface area contributed by atoms with E-state index >= 15 is 0 Å². The number of nitrogens with one attached hydrogen (secondary N) is 2. The summed E-state index contributed by atoms with van der Waals surface area (Å²) in [4.78, 5) is 11.8. The van der Waals surface area contributed by atoms with Gasteiger partial charge in [-0.3, -0.25) is 0 Å². The molecule has 0 saturated carbocycles. The second-order valence-electron chi connectivity index (χ2n) is 4.82. The number of para-hydroxylation sites is 1. The maximum absolute atomic E-state index is 11.8. The van der Waals surface area contributed by atoms with Crippen LogP contribution in [0.3, 0.4) is 0 Å². The maximum Gasteiger partial charge on any atom is 0.339 e. The molecule has 0 spiro atoms. The van der Waals surface area contributed by atoms with Crippen LogP contribution in [0.25, 0.3) is 0 Å². The lowest BCUT2D eigenvalue weighted by atomic mass is 10.2. The number of aryl methyl sites for hydroxylation is 1. The molecule has 2 rings (SSSR count). The molecule has 2 aromatic rings. The molecular weight excluding hydrogens is 417 g/mol. The van der Waals surface area contributed by atoms with Gasteiger partial charge in [0.25, 0.3) is 0 Å². The SMILES string of the molecule is C#CCOc1ccc(C=NNC(=O)Nc2ccccc2C)cc1I. The number of carbonyl (C=O) groups is 1. The summed E-state index contributed by atoms with van der Waals surface area (Å²) in [5.74, 6) is 3.14. The molecule has 0 aromatic heterocycles. The van der Waals surface area contributed by atoms with Crippen LogP contribution in [-0.4, -0.2) is 18.9 Å². The Balaban J connectivity index is 1.92. The van der Waals surface area contributed by atoms with Crippen molar-refractivity contribution in [2.75, 3.05) is 11.9 Å². The average Bonchev–Trinajstić information content (AvgIpc) is 2.56. The highest BCUT2D eigenvalue weighted by Gasteiger charge is 2.03. The van der Waals surface area contributed by atoms with Crippen molar-refractivity contribution in [3.8, 4) is 18.1 Å². The summed E-state index contributed by atoms with van der Waals surface area (Å²) in [5.41, 5.74) is 5.00. The summed E-state index contributed by atoms with van der Waals surface area (Å²) < 4.78 is 6.31. The van der Waals surface area contributed by atoms with Crippen molar-refractivity contribution in [3.63, 3.8) is 0 Å². The van der Waals surface area contributed by atoms with Crippen LogP contribution in [0, 0.1) is 22.8 Å². The monoisotopic (exact) mass is 433 g/mol. The lowest BCUT2D eigenvalue weighted by molar-refractivity contribution is 0.252. The molecule has 0 aliphatic heterocycles. The first-order valence-electron chi connectivity index (χ1n) is 7.11. The van der Waals surface area contributed by atoms with E-state index in [2.05, 4.69) is 44.4 Å². The average molecular weight is 433 g/mol. The fourth-order valence-electron chi connectivity index (χ4n) is 1.86. The Morgan fingerprint density at radius 2 is 2.17 bits per heavy atom. The Bertz CT molecular complexity index is 797. The number of ether oxygens (including phenoxy) is 1. The van der Waals surface area contributed by atoms with Crippen molar-refractivity contribution in [3.05, 3.63) is 57.2 Å². The molecule has 24 heavy (non-hydrogen) atoms. The predicted octanol–water partition coefficient (Wildman–Crippen LogP) is 3.77. The second-order valence-corrected chi connectivity index (χ2v) is 5.98. The number of hydrogen-bond donors (Lipinski definition) is 2. The van der Waals surface area contributed by atoms with Gasteiger partial charge in [0.2, 0.25) is 0 Å². The third-order valence-corrected chi connectivity index (χ3v) is 3.88. The molecule has 0 aliphatic rings. The van der Waals surface area contributed by atoms with Gasteiger partial charge in [-0.2, -0.15) is 5.10 Å². The topological polar surface area (TPSA) is 62.7 Å². The molecule has 0 heterocycles. The summed E-state index contributed by atoms with van der Waals surface area (Å²) in [6.07, 6.45) is 6.73. The third kappa shape index (κ3) is 5.28. The van der Waals surface area contributed by atoms with Crippen molar-refractivity contribution in [1.29, 1.82) is 0 Å². The van der Waals surface area contributed by atoms with Crippen LogP contribution >= 0.6 is 22.6 Å². The molecule has 2 N–H and O–H groups in total. The van der Waals surface area contributed by atoms with Gasteiger partial charge in [0, 0.05) is 5.69 Å². The first-order chi connectivity index (χ1) is 11.6. The Hall–Kier alpha value is -2.53. The van der Waals surface area contributed by atoms with Gasteiger partial charge in [0.1, 0.15) is 12.4 Å². The number of nitrogens with zero attached hydrogens (tertiary/aromatic N) is 1. The number of anilines is 1. The molecular formula is C18H16IN3O2. The van der Waals surface area contributed by atoms with E-state index in [1.807, 2.05) is 49.4 Å². The van der Waals surface area contributed by atoms with Crippen molar-refractivity contribution in [2.45, 2.75) is 6.92 Å². The fraction of sp³-hybridized carbons (Fsp3) is 0.111. The molecule has 2 amide bonds. The maximum atomic E-state index is 11.8. The number of hydrogen-bond acceptors (Lipinski definition) is 3. The highest BCUT2D eigenvalue weighted by atomic mass is 127. The molecule has 0 fully saturated rings. The molecule has 0 atom stereocenters. The number of hydrazone groups is 1. The van der Waals surface area contributed by atoms with Crippen LogP contribution in [0.1, 0.15) is 11.1 Å². The normalized spacial score (nSPS) is 10.2. The predicted molar refractivity (Wildman–Crippen MR) is 104 cm³/mol. The van der Waals surface area contributed by atoms with Crippen molar-refractivity contribution >= 4 is 40.5 Å². The quantitative estimate of drug-likeness (QED) is 0.327. The van der Waals surface area contributed by atoms with Crippen molar-refractivity contribution < 1.29 is 9.53 Å². The van der Waals surface area contributed by atoms with Crippen LogP contribution < -0.4 is 15.5 Å². The van der Waals surface area contributed by atoms with Gasteiger partial charge < -0.3 is 10.1 Å². The third-order valence-electron chi connectivity index (χ3n) is 3.04. The lowest BCUT2D eigenvalue weighted by Gasteiger charge is -2.07. The van der Waals surface area contributed by atoms with E-state index in [1.165, 1.54) is 0 Å². The molecule has 0 aliphatic carbocycles. The summed E-state index contributed by atoms with van der Waals surface area (Å²) in [6.45, 7) is 2.15. The Labute approximate surface area is 154 Å². The summed E-state index contributed by atoms with van der Waals surface area (Å²) in [5, 5.41) is 6.67. The number of amides is 2. The summed E-state index contributed by atoms with van der Waals surface area (Å²) in [7, 11) is 0. The minimum atomic E-state index is -0.399. The number of terminal acetylenes is 1. The van der Waals surface area contributed by atoms with E-state index in [1.54, 1.807) is 6.21 Å². The van der Waals surface area contributed by atoms with Gasteiger partial charge in [-0.1, -0.05) is 24.1 Å². The molecule has 0 bridgehead atoms. The highest BCUT2D eigenvalue weighted by Crippen LogP contribution is 2.21. The van der Waals surface area contributed by atoms with E-state index in [4.69, 9.17) is 11.2 Å². The van der Waals surface area contributed by atoms with Crippen LogP contribution in [0.5, 0.6) is 5.75 Å². The first kappa shape index (κ1) is 17.8. The summed E-state index contributed by atoms with van der Waals surface area (Å²) >= 11 is 2.15. The van der Waals surface area contributed by atoms with E-state index < -0.39 is 6.03 Å². The fourth-order valence-corrected chi connectivity index (χ4v) is 2.56. The van der Waals surface area contributed by atoms with Gasteiger partial charge in [-0.25, -0.2) is 10.2 Å². The second kappa shape index (κ2) is 8.93. The zero-order valence-corrected chi connectivity index (χ0v) is 15.2. The van der Waals surface area contributed by atoms with Crippen LogP contribution in [-0.2, 0) is 0 Å². The Kier molecular flexibility index (Phi) is 6.63. The van der Waals surface area contributed by atoms with Crippen LogP contribution in [0.4, 0.5) is 10.5 Å². The van der Waals surface area contributed by atoms with E-state index in [9.17, 15) is 4.79 Å². The van der Waals surface area contributed by atoms with Gasteiger partial charge >= 0.3 is 6.03 Å². The minimum absolute atomic E-state index is 0.226. The van der Waals surface area contributed by atoms with Crippen LogP contribution in [0.2, 0.25) is 0 Å². The Morgan fingerprint density at radius 3 is 2.88 bits per heavy atom. The first-order valence-corrected chi connectivity index (χ1v) is 8.19. The Morgan fingerprint density at radius 1 is 1.38 bits per heavy atom. The van der Waals surface area contributed by atoms with E-state index in [0.717, 1.165) is 26.1 Å². The molecule has 0 radical (unpaired) electrons. The minimum Gasteiger partial charge on any atom is -0.480 e. The molecule has 0 saturated heterocycles. The van der Waals surface area contributed by atoms with Gasteiger partial charge in [-0.05, 0) is 64.9 Å². The van der Waals surface area contributed by atoms with Gasteiger partial charge in [0.05, 0.1) is 9.78 Å². The largest absolute Gasteiger partial charge is 0.480 e. The zero-order valence-electron chi connectivity index (χ0n) is 13.0.